The molecule has 11 heavy (non-hydrogen) atoms. The van der Waals surface area contributed by atoms with E-state index < -0.39 is 0 Å². The highest BCUT2D eigenvalue weighted by Gasteiger charge is 2.21. The van der Waals surface area contributed by atoms with Crippen LogP contribution in [0.25, 0.3) is 0 Å². The van der Waals surface area contributed by atoms with E-state index in [2.05, 4.69) is 11.5 Å². The Kier molecular flexibility index (Phi) is 2.64. The summed E-state index contributed by atoms with van der Waals surface area (Å²) in [6, 6.07) is 2.14. The minimum absolute atomic E-state index is 0.0914. The summed E-state index contributed by atoms with van der Waals surface area (Å²) in [6.45, 7) is 5.90. The van der Waals surface area contributed by atoms with Crippen molar-refractivity contribution in [3.8, 4) is 6.07 Å². The Morgan fingerprint density at radius 1 is 1.82 bits per heavy atom. The molecule has 0 N–H and O–H groups in total. The van der Waals surface area contributed by atoms with Gasteiger partial charge in [0.2, 0.25) is 0 Å². The third kappa shape index (κ3) is 1.79. The second-order valence-corrected chi connectivity index (χ2v) is 2.71. The number of hydrogen-bond acceptors (Lipinski definition) is 3. The molecule has 3 heteroatoms. The zero-order chi connectivity index (χ0) is 8.27. The lowest BCUT2D eigenvalue weighted by Crippen LogP contribution is -2.43. The quantitative estimate of drug-likeness (QED) is 0.510. The van der Waals surface area contributed by atoms with E-state index in [-0.39, 0.29) is 6.04 Å². The highest BCUT2D eigenvalue weighted by Crippen LogP contribution is 2.10. The molecule has 0 spiro atoms. The van der Waals surface area contributed by atoms with Crippen molar-refractivity contribution in [3.05, 3.63) is 12.2 Å². The number of hydrogen-bond donors (Lipinski definition) is 0. The molecule has 0 amide bonds. The number of rotatable bonds is 1. The average molecular weight is 152 g/mol. The highest BCUT2D eigenvalue weighted by molar-refractivity contribution is 5.23. The van der Waals surface area contributed by atoms with E-state index in [4.69, 9.17) is 10.00 Å². The lowest BCUT2D eigenvalue weighted by Gasteiger charge is -2.31. The van der Waals surface area contributed by atoms with Crippen LogP contribution in [0.15, 0.2) is 12.2 Å². The van der Waals surface area contributed by atoms with Gasteiger partial charge in [-0.1, -0.05) is 6.58 Å². The van der Waals surface area contributed by atoms with Crippen LogP contribution >= 0.6 is 0 Å². The molecule has 0 aromatic heterocycles. The SMILES string of the molecule is C=C(C#N)[C@@H]1COCCN1C. The van der Waals surface area contributed by atoms with Crippen LogP contribution in [0.4, 0.5) is 0 Å². The maximum atomic E-state index is 8.57. The van der Waals surface area contributed by atoms with Crippen LogP contribution in [0.3, 0.4) is 0 Å². The molecule has 0 aromatic carbocycles. The van der Waals surface area contributed by atoms with Gasteiger partial charge in [0, 0.05) is 12.1 Å². The molecule has 1 aliphatic rings. The molecule has 1 fully saturated rings. The van der Waals surface area contributed by atoms with Crippen molar-refractivity contribution in [2.24, 2.45) is 0 Å². The highest BCUT2D eigenvalue weighted by atomic mass is 16.5. The van der Waals surface area contributed by atoms with E-state index >= 15 is 0 Å². The fourth-order valence-corrected chi connectivity index (χ4v) is 1.13. The monoisotopic (exact) mass is 152 g/mol. The van der Waals surface area contributed by atoms with Crippen molar-refractivity contribution >= 4 is 0 Å². The van der Waals surface area contributed by atoms with Crippen molar-refractivity contribution in [1.82, 2.24) is 4.90 Å². The van der Waals surface area contributed by atoms with Crippen LogP contribution in [0.1, 0.15) is 0 Å². The van der Waals surface area contributed by atoms with Gasteiger partial charge in [-0.3, -0.25) is 4.90 Å². The molecule has 1 atom stereocenters. The third-order valence-electron chi connectivity index (χ3n) is 1.94. The van der Waals surface area contributed by atoms with E-state index in [1.165, 1.54) is 0 Å². The first-order chi connectivity index (χ1) is 5.25. The van der Waals surface area contributed by atoms with Crippen molar-refractivity contribution in [3.63, 3.8) is 0 Å². The zero-order valence-electron chi connectivity index (χ0n) is 6.71. The molecule has 60 valence electrons. The molecule has 3 nitrogen and oxygen atoms in total. The fraction of sp³-hybridized carbons (Fsp3) is 0.625. The summed E-state index contributed by atoms with van der Waals surface area (Å²) in [5, 5.41) is 8.57. The Morgan fingerprint density at radius 3 is 3.09 bits per heavy atom. The van der Waals surface area contributed by atoms with Gasteiger partial charge in [0.1, 0.15) is 0 Å². The van der Waals surface area contributed by atoms with Gasteiger partial charge in [0.25, 0.3) is 0 Å². The first-order valence-electron chi connectivity index (χ1n) is 3.62. The van der Waals surface area contributed by atoms with Crippen LogP contribution in [0, 0.1) is 11.3 Å². The van der Waals surface area contributed by atoms with E-state index in [9.17, 15) is 0 Å². The molecule has 0 unspecified atom stereocenters. The molecule has 0 radical (unpaired) electrons. The smallest absolute Gasteiger partial charge is 0.0958 e. The normalized spacial score (nSPS) is 26.0. The molecule has 0 aliphatic carbocycles. The van der Waals surface area contributed by atoms with Gasteiger partial charge in [-0.05, 0) is 7.05 Å². The van der Waals surface area contributed by atoms with Crippen molar-refractivity contribution in [2.75, 3.05) is 26.8 Å². The topological polar surface area (TPSA) is 36.3 Å². The first kappa shape index (κ1) is 8.25. The molecule has 0 bridgehead atoms. The van der Waals surface area contributed by atoms with Crippen molar-refractivity contribution in [1.29, 1.82) is 5.26 Å². The Labute approximate surface area is 66.9 Å². The van der Waals surface area contributed by atoms with Gasteiger partial charge >= 0.3 is 0 Å². The number of nitriles is 1. The summed E-state index contributed by atoms with van der Waals surface area (Å²) >= 11 is 0. The fourth-order valence-electron chi connectivity index (χ4n) is 1.13. The largest absolute Gasteiger partial charge is 0.378 e. The average Bonchev–Trinajstić information content (AvgIpc) is 2.04. The Balaban J connectivity index is 2.56. The Bertz CT molecular complexity index is 195. The summed E-state index contributed by atoms with van der Waals surface area (Å²) in [5.74, 6) is 0. The molecular weight excluding hydrogens is 140 g/mol. The lowest BCUT2D eigenvalue weighted by molar-refractivity contribution is 0.0210. The number of ether oxygens (including phenoxy) is 1. The van der Waals surface area contributed by atoms with Gasteiger partial charge < -0.3 is 4.74 Å². The molecule has 1 saturated heterocycles. The van der Waals surface area contributed by atoms with E-state index in [0.717, 1.165) is 13.2 Å². The van der Waals surface area contributed by atoms with Gasteiger partial charge in [0.05, 0.1) is 25.3 Å². The molecule has 1 aliphatic heterocycles. The van der Waals surface area contributed by atoms with E-state index in [1.807, 2.05) is 13.1 Å². The van der Waals surface area contributed by atoms with Crippen molar-refractivity contribution in [2.45, 2.75) is 6.04 Å². The molecule has 1 heterocycles. The molecular formula is C8H12N2O. The minimum Gasteiger partial charge on any atom is -0.378 e. The van der Waals surface area contributed by atoms with Crippen LogP contribution in [-0.2, 0) is 4.74 Å². The third-order valence-corrected chi connectivity index (χ3v) is 1.94. The summed E-state index contributed by atoms with van der Waals surface area (Å²) in [7, 11) is 1.98. The zero-order valence-corrected chi connectivity index (χ0v) is 6.71. The van der Waals surface area contributed by atoms with Crippen LogP contribution in [-0.4, -0.2) is 37.7 Å². The van der Waals surface area contributed by atoms with Gasteiger partial charge in [-0.15, -0.1) is 0 Å². The lowest BCUT2D eigenvalue weighted by atomic mass is 10.1. The predicted molar refractivity (Wildman–Crippen MR) is 42.0 cm³/mol. The number of nitrogens with zero attached hydrogens (tertiary/aromatic N) is 2. The predicted octanol–water partition coefficient (Wildman–Crippen LogP) is 0.397. The maximum absolute atomic E-state index is 8.57. The minimum atomic E-state index is 0.0914. The van der Waals surface area contributed by atoms with E-state index in [1.54, 1.807) is 0 Å². The van der Waals surface area contributed by atoms with Gasteiger partial charge in [0.15, 0.2) is 0 Å². The number of likely N-dealkylation sites (N-methyl/N-ethyl adjacent to an activating group) is 1. The summed E-state index contributed by atoms with van der Waals surface area (Å²) in [5.41, 5.74) is 0.590. The van der Waals surface area contributed by atoms with E-state index in [0.29, 0.717) is 12.2 Å². The summed E-state index contributed by atoms with van der Waals surface area (Å²) in [6.07, 6.45) is 0. The summed E-state index contributed by atoms with van der Waals surface area (Å²) < 4.78 is 5.22. The molecule has 0 saturated carbocycles. The second-order valence-electron chi connectivity index (χ2n) is 2.71. The Morgan fingerprint density at radius 2 is 2.55 bits per heavy atom. The van der Waals surface area contributed by atoms with Gasteiger partial charge in [-0.25, -0.2) is 0 Å². The summed E-state index contributed by atoms with van der Waals surface area (Å²) in [4.78, 5) is 2.09. The maximum Gasteiger partial charge on any atom is 0.0958 e. The molecule has 0 aromatic rings. The number of morpholine rings is 1. The standard InChI is InChI=1S/C8H12N2O/c1-7(5-9)8-6-11-4-3-10(8)2/h8H,1,3-4,6H2,2H3/t8-/m0/s1. The van der Waals surface area contributed by atoms with Gasteiger partial charge in [-0.2, -0.15) is 5.26 Å². The van der Waals surface area contributed by atoms with Crippen molar-refractivity contribution < 1.29 is 4.74 Å². The second kappa shape index (κ2) is 3.51. The Hall–Kier alpha value is -0.850. The van der Waals surface area contributed by atoms with Crippen LogP contribution in [0.2, 0.25) is 0 Å². The molecule has 1 rings (SSSR count). The first-order valence-corrected chi connectivity index (χ1v) is 3.62. The van der Waals surface area contributed by atoms with Crippen LogP contribution in [0.5, 0.6) is 0 Å². The van der Waals surface area contributed by atoms with Crippen LogP contribution < -0.4 is 0 Å².